The molecule has 0 radical (unpaired) electrons. The largest absolute Gasteiger partial charge is 0.480 e. The molecule has 0 unspecified atom stereocenters. The van der Waals surface area contributed by atoms with Gasteiger partial charge in [0.15, 0.2) is 0 Å². The van der Waals surface area contributed by atoms with Crippen molar-refractivity contribution < 1.29 is 19.5 Å². The molecule has 3 N–H and O–H groups in total. The molecule has 7 heteroatoms. The van der Waals surface area contributed by atoms with Crippen LogP contribution in [0.4, 0.5) is 5.69 Å². The van der Waals surface area contributed by atoms with Crippen LogP contribution in [0.25, 0.3) is 0 Å². The molecule has 1 rings (SSSR count). The van der Waals surface area contributed by atoms with Crippen molar-refractivity contribution in [2.75, 3.05) is 16.8 Å². The van der Waals surface area contributed by atoms with Crippen LogP contribution in [-0.4, -0.2) is 40.4 Å². The van der Waals surface area contributed by atoms with Crippen molar-refractivity contribution in [3.05, 3.63) is 29.8 Å². The summed E-state index contributed by atoms with van der Waals surface area (Å²) in [6, 6.07) is 6.50. The van der Waals surface area contributed by atoms with Crippen molar-refractivity contribution in [2.45, 2.75) is 26.8 Å². The van der Waals surface area contributed by atoms with E-state index >= 15 is 0 Å². The fraction of sp³-hybridized carbons (Fsp3) is 0.438. The molecule has 23 heavy (non-hydrogen) atoms. The van der Waals surface area contributed by atoms with Crippen LogP contribution in [0.5, 0.6) is 0 Å². The van der Waals surface area contributed by atoms with Gasteiger partial charge in [0.25, 0.3) is 0 Å². The van der Waals surface area contributed by atoms with E-state index in [0.717, 1.165) is 17.3 Å². The van der Waals surface area contributed by atoms with Crippen LogP contribution in [0.15, 0.2) is 24.3 Å². The number of benzene rings is 1. The number of rotatable bonds is 8. The van der Waals surface area contributed by atoms with Crippen molar-refractivity contribution in [1.29, 1.82) is 0 Å². The average molecular weight is 338 g/mol. The van der Waals surface area contributed by atoms with Gasteiger partial charge < -0.3 is 15.7 Å². The zero-order valence-electron chi connectivity index (χ0n) is 13.5. The molecule has 0 spiro atoms. The molecule has 0 fully saturated rings. The van der Waals surface area contributed by atoms with Crippen molar-refractivity contribution in [3.8, 4) is 0 Å². The molecule has 1 aromatic rings. The highest BCUT2D eigenvalue weighted by Gasteiger charge is 2.23. The van der Waals surface area contributed by atoms with Crippen LogP contribution < -0.4 is 10.6 Å². The molecule has 0 aliphatic carbocycles. The molecule has 2 amide bonds. The highest BCUT2D eigenvalue weighted by Crippen LogP contribution is 2.10. The van der Waals surface area contributed by atoms with E-state index < -0.39 is 12.0 Å². The molecular formula is C16H22N2O4S. The Morgan fingerprint density at radius 2 is 1.65 bits per heavy atom. The van der Waals surface area contributed by atoms with Gasteiger partial charge >= 0.3 is 5.97 Å². The number of aliphatic carboxylic acids is 1. The summed E-state index contributed by atoms with van der Waals surface area (Å²) in [4.78, 5) is 34.5. The SMILES string of the molecule is Cc1ccc(NC(=O)CSCC(=O)N[C@@H](C(=O)O)C(C)C)cc1. The van der Waals surface area contributed by atoms with Gasteiger partial charge in [0.05, 0.1) is 11.5 Å². The van der Waals surface area contributed by atoms with Gasteiger partial charge in [-0.3, -0.25) is 9.59 Å². The van der Waals surface area contributed by atoms with Crippen LogP contribution in [-0.2, 0) is 14.4 Å². The highest BCUT2D eigenvalue weighted by molar-refractivity contribution is 8.00. The summed E-state index contributed by atoms with van der Waals surface area (Å²) < 4.78 is 0. The van der Waals surface area contributed by atoms with Crippen LogP contribution in [0, 0.1) is 12.8 Å². The molecule has 0 saturated carbocycles. The second-order valence-corrected chi connectivity index (χ2v) is 6.52. The lowest BCUT2D eigenvalue weighted by atomic mass is 10.1. The predicted octanol–water partition coefficient (Wildman–Crippen LogP) is 1.89. The number of amides is 2. The first-order valence-corrected chi connectivity index (χ1v) is 8.41. The summed E-state index contributed by atoms with van der Waals surface area (Å²) in [6.45, 7) is 5.41. The molecule has 1 aromatic carbocycles. The summed E-state index contributed by atoms with van der Waals surface area (Å²) in [5.41, 5.74) is 1.81. The van der Waals surface area contributed by atoms with Gasteiger partial charge in [0.2, 0.25) is 11.8 Å². The summed E-state index contributed by atoms with van der Waals surface area (Å²) in [7, 11) is 0. The van der Waals surface area contributed by atoms with Gasteiger partial charge in [-0.15, -0.1) is 11.8 Å². The minimum atomic E-state index is -1.06. The summed E-state index contributed by atoms with van der Waals surface area (Å²) in [6.07, 6.45) is 0. The van der Waals surface area contributed by atoms with E-state index in [1.807, 2.05) is 31.2 Å². The lowest BCUT2D eigenvalue weighted by Crippen LogP contribution is -2.45. The molecule has 0 aliphatic heterocycles. The van der Waals surface area contributed by atoms with Crippen molar-refractivity contribution in [1.82, 2.24) is 5.32 Å². The second kappa shape index (κ2) is 9.19. The van der Waals surface area contributed by atoms with Gasteiger partial charge in [-0.1, -0.05) is 31.5 Å². The fourth-order valence-corrected chi connectivity index (χ4v) is 2.43. The molecule has 6 nitrogen and oxygen atoms in total. The number of hydrogen-bond acceptors (Lipinski definition) is 4. The fourth-order valence-electron chi connectivity index (χ4n) is 1.80. The summed E-state index contributed by atoms with van der Waals surface area (Å²) in [5, 5.41) is 14.2. The van der Waals surface area contributed by atoms with Gasteiger partial charge in [-0.25, -0.2) is 4.79 Å². The molecule has 0 heterocycles. The van der Waals surface area contributed by atoms with E-state index in [9.17, 15) is 14.4 Å². The van der Waals surface area contributed by atoms with Crippen molar-refractivity contribution >= 4 is 35.2 Å². The molecule has 0 aliphatic rings. The van der Waals surface area contributed by atoms with E-state index in [-0.39, 0.29) is 29.2 Å². The second-order valence-electron chi connectivity index (χ2n) is 5.53. The van der Waals surface area contributed by atoms with Crippen molar-refractivity contribution in [3.63, 3.8) is 0 Å². The molecule has 0 saturated heterocycles. The van der Waals surface area contributed by atoms with E-state index in [0.29, 0.717) is 5.69 Å². The number of carbonyl (C=O) groups is 3. The van der Waals surface area contributed by atoms with Gasteiger partial charge in [-0.2, -0.15) is 0 Å². The Balaban J connectivity index is 2.32. The Hall–Kier alpha value is -2.02. The summed E-state index contributed by atoms with van der Waals surface area (Å²) >= 11 is 1.14. The number of anilines is 1. The molecular weight excluding hydrogens is 316 g/mol. The average Bonchev–Trinajstić information content (AvgIpc) is 2.46. The minimum Gasteiger partial charge on any atom is -0.480 e. The first kappa shape index (κ1) is 19.0. The maximum atomic E-state index is 11.8. The zero-order valence-corrected chi connectivity index (χ0v) is 14.3. The Morgan fingerprint density at radius 1 is 1.09 bits per heavy atom. The number of thioether (sulfide) groups is 1. The monoisotopic (exact) mass is 338 g/mol. The Labute approximate surface area is 140 Å². The van der Waals surface area contributed by atoms with E-state index in [4.69, 9.17) is 5.11 Å². The third-order valence-corrected chi connectivity index (χ3v) is 3.98. The maximum Gasteiger partial charge on any atom is 0.326 e. The van der Waals surface area contributed by atoms with Crippen LogP contribution in [0.3, 0.4) is 0 Å². The normalized spacial score (nSPS) is 11.8. The van der Waals surface area contributed by atoms with Gasteiger partial charge in [-0.05, 0) is 25.0 Å². The molecule has 0 bridgehead atoms. The first-order valence-electron chi connectivity index (χ1n) is 7.26. The van der Waals surface area contributed by atoms with Crippen LogP contribution >= 0.6 is 11.8 Å². The molecule has 1 atom stereocenters. The number of carboxylic acid groups (broad SMARTS) is 1. The lowest BCUT2D eigenvalue weighted by molar-refractivity contribution is -0.142. The Kier molecular flexibility index (Phi) is 7.61. The van der Waals surface area contributed by atoms with Crippen LogP contribution in [0.2, 0.25) is 0 Å². The minimum absolute atomic E-state index is 0.0395. The number of nitrogens with one attached hydrogen (secondary N) is 2. The molecule has 0 aromatic heterocycles. The Bertz CT molecular complexity index is 558. The van der Waals surface area contributed by atoms with E-state index in [1.165, 1.54) is 0 Å². The van der Waals surface area contributed by atoms with Crippen LogP contribution in [0.1, 0.15) is 19.4 Å². The number of carbonyl (C=O) groups excluding carboxylic acids is 2. The number of hydrogen-bond donors (Lipinski definition) is 3. The standard InChI is InChI=1S/C16H22N2O4S/c1-10(2)15(16(21)22)18-14(20)9-23-8-13(19)17-12-6-4-11(3)5-7-12/h4-7,10,15H,8-9H2,1-3H3,(H,17,19)(H,18,20)(H,21,22)/t15-/m1/s1. The zero-order chi connectivity index (χ0) is 17.4. The van der Waals surface area contributed by atoms with Crippen molar-refractivity contribution in [2.24, 2.45) is 5.92 Å². The third kappa shape index (κ3) is 7.19. The predicted molar refractivity (Wildman–Crippen MR) is 91.5 cm³/mol. The number of aryl methyl sites for hydroxylation is 1. The third-order valence-electron chi connectivity index (χ3n) is 3.05. The van der Waals surface area contributed by atoms with Gasteiger partial charge in [0.1, 0.15) is 6.04 Å². The molecule has 126 valence electrons. The van der Waals surface area contributed by atoms with E-state index in [2.05, 4.69) is 10.6 Å². The van der Waals surface area contributed by atoms with Gasteiger partial charge in [0, 0.05) is 5.69 Å². The van der Waals surface area contributed by atoms with E-state index in [1.54, 1.807) is 13.8 Å². The highest BCUT2D eigenvalue weighted by atomic mass is 32.2. The summed E-state index contributed by atoms with van der Waals surface area (Å²) in [5.74, 6) is -1.69. The Morgan fingerprint density at radius 3 is 2.17 bits per heavy atom. The quantitative estimate of drug-likeness (QED) is 0.673. The lowest BCUT2D eigenvalue weighted by Gasteiger charge is -2.17. The number of carboxylic acids is 1. The first-order chi connectivity index (χ1) is 10.8. The topological polar surface area (TPSA) is 95.5 Å². The smallest absolute Gasteiger partial charge is 0.326 e. The maximum absolute atomic E-state index is 11.8.